The fourth-order valence-electron chi connectivity index (χ4n) is 1.49. The van der Waals surface area contributed by atoms with Gasteiger partial charge in [-0.3, -0.25) is 4.79 Å². The molecule has 0 saturated carbocycles. The van der Waals surface area contributed by atoms with Crippen LogP contribution in [0.5, 0.6) is 5.88 Å². The Hall–Kier alpha value is -2.56. The highest BCUT2D eigenvalue weighted by Crippen LogP contribution is 2.10. The van der Waals surface area contributed by atoms with Gasteiger partial charge in [0.1, 0.15) is 5.69 Å². The molecule has 0 radical (unpaired) electrons. The van der Waals surface area contributed by atoms with Gasteiger partial charge in [0.15, 0.2) is 0 Å². The van der Waals surface area contributed by atoms with Crippen LogP contribution in [0.15, 0.2) is 48.7 Å². The fraction of sp³-hybridized carbons (Fsp3) is 0.0769. The van der Waals surface area contributed by atoms with Crippen LogP contribution in [0.2, 0.25) is 0 Å². The summed E-state index contributed by atoms with van der Waals surface area (Å²) in [4.78, 5) is 11.8. The number of rotatable bonds is 3. The second kappa shape index (κ2) is 5.18. The molecular weight excluding hydrogens is 232 g/mol. The van der Waals surface area contributed by atoms with Gasteiger partial charge < -0.3 is 15.3 Å². The molecule has 2 rings (SSSR count). The minimum absolute atomic E-state index is 0.174. The fourth-order valence-corrected chi connectivity index (χ4v) is 1.49. The molecule has 92 valence electrons. The van der Waals surface area contributed by atoms with E-state index < -0.39 is 0 Å². The lowest BCUT2D eigenvalue weighted by Crippen LogP contribution is -2.28. The lowest BCUT2D eigenvalue weighted by molar-refractivity contribution is -0.611. The van der Waals surface area contributed by atoms with Gasteiger partial charge in [-0.25, -0.2) is 0 Å². The van der Waals surface area contributed by atoms with E-state index in [9.17, 15) is 10.0 Å². The summed E-state index contributed by atoms with van der Waals surface area (Å²) in [5.41, 5.74) is 0.949. The van der Waals surface area contributed by atoms with Gasteiger partial charge in [0, 0.05) is 5.56 Å². The van der Waals surface area contributed by atoms with Crippen LogP contribution >= 0.6 is 0 Å². The molecule has 0 bridgehead atoms. The molecule has 1 heterocycles. The van der Waals surface area contributed by atoms with E-state index >= 15 is 0 Å². The van der Waals surface area contributed by atoms with Gasteiger partial charge in [-0.1, -0.05) is 18.2 Å². The van der Waals surface area contributed by atoms with Gasteiger partial charge in [0.2, 0.25) is 6.20 Å². The average molecular weight is 244 g/mol. The smallest absolute Gasteiger partial charge is 0.379 e. The zero-order chi connectivity index (χ0) is 13.0. The molecule has 18 heavy (non-hydrogen) atoms. The second-order valence-corrected chi connectivity index (χ2v) is 3.61. The Morgan fingerprint density at radius 3 is 2.56 bits per heavy atom. The SMILES string of the molecule is COc1ccc(NC(=O)c2ccccc2)c[n+]1[O-]. The van der Waals surface area contributed by atoms with E-state index in [1.54, 1.807) is 30.3 Å². The predicted octanol–water partition coefficient (Wildman–Crippen LogP) is 1.58. The molecule has 5 nitrogen and oxygen atoms in total. The van der Waals surface area contributed by atoms with Crippen LogP contribution in [0, 0.1) is 5.21 Å². The Morgan fingerprint density at radius 1 is 1.22 bits per heavy atom. The number of ether oxygens (including phenoxy) is 1. The number of methoxy groups -OCH3 is 1. The molecular formula is C13H12N2O3. The highest BCUT2D eigenvalue weighted by atomic mass is 16.5. The molecule has 0 unspecified atom stereocenters. The number of pyridine rings is 1. The highest BCUT2D eigenvalue weighted by Gasteiger charge is 2.09. The molecule has 1 N–H and O–H groups in total. The number of anilines is 1. The Balaban J connectivity index is 2.15. The zero-order valence-electron chi connectivity index (χ0n) is 9.79. The van der Waals surface area contributed by atoms with Gasteiger partial charge in [-0.2, -0.15) is 0 Å². The summed E-state index contributed by atoms with van der Waals surface area (Å²) >= 11 is 0. The number of nitrogens with one attached hydrogen (secondary N) is 1. The Labute approximate surface area is 104 Å². The number of carbonyl (C=O) groups excluding carboxylic acids is 1. The molecule has 1 aromatic carbocycles. The molecule has 5 heteroatoms. The normalized spacial score (nSPS) is 9.83. The summed E-state index contributed by atoms with van der Waals surface area (Å²) < 4.78 is 5.38. The number of benzene rings is 1. The summed E-state index contributed by atoms with van der Waals surface area (Å²) in [6, 6.07) is 11.9. The van der Waals surface area contributed by atoms with Crippen LogP contribution in [-0.2, 0) is 0 Å². The molecule has 0 aliphatic carbocycles. The first-order valence-corrected chi connectivity index (χ1v) is 5.34. The van der Waals surface area contributed by atoms with Crippen molar-refractivity contribution >= 4 is 11.6 Å². The lowest BCUT2D eigenvalue weighted by atomic mass is 10.2. The molecule has 0 saturated heterocycles. The summed E-state index contributed by atoms with van der Waals surface area (Å²) in [6.45, 7) is 0. The molecule has 0 atom stereocenters. The van der Waals surface area contributed by atoms with Crippen molar-refractivity contribution in [1.82, 2.24) is 0 Å². The number of aromatic nitrogens is 1. The first-order chi connectivity index (χ1) is 8.70. The maximum Gasteiger partial charge on any atom is 0.379 e. The third-order valence-electron chi connectivity index (χ3n) is 2.38. The van der Waals surface area contributed by atoms with Crippen molar-refractivity contribution in [2.45, 2.75) is 0 Å². The van der Waals surface area contributed by atoms with Crippen molar-refractivity contribution in [2.24, 2.45) is 0 Å². The van der Waals surface area contributed by atoms with Crippen LogP contribution in [0.4, 0.5) is 5.69 Å². The van der Waals surface area contributed by atoms with E-state index in [2.05, 4.69) is 5.32 Å². The van der Waals surface area contributed by atoms with Crippen LogP contribution in [0.1, 0.15) is 10.4 Å². The van der Waals surface area contributed by atoms with Gasteiger partial charge in [0.25, 0.3) is 5.91 Å². The molecule has 1 aromatic heterocycles. The molecule has 0 aliphatic rings. The molecule has 2 aromatic rings. The lowest BCUT2D eigenvalue weighted by Gasteiger charge is -2.06. The van der Waals surface area contributed by atoms with E-state index in [0.29, 0.717) is 16.0 Å². The van der Waals surface area contributed by atoms with Crippen molar-refractivity contribution < 1.29 is 14.3 Å². The van der Waals surface area contributed by atoms with Crippen LogP contribution in [-0.4, -0.2) is 13.0 Å². The summed E-state index contributed by atoms with van der Waals surface area (Å²) in [5, 5.41) is 14.1. The zero-order valence-corrected chi connectivity index (χ0v) is 9.79. The molecule has 0 aliphatic heterocycles. The number of carbonyl (C=O) groups is 1. The quantitative estimate of drug-likeness (QED) is 0.658. The largest absolute Gasteiger partial charge is 0.616 e. The molecule has 0 fully saturated rings. The van der Waals surface area contributed by atoms with Gasteiger partial charge in [-0.15, -0.1) is 4.73 Å². The summed E-state index contributed by atoms with van der Waals surface area (Å²) in [7, 11) is 1.41. The maximum atomic E-state index is 11.8. The number of hydrogen-bond donors (Lipinski definition) is 1. The van der Waals surface area contributed by atoms with Crippen LogP contribution in [0.25, 0.3) is 0 Å². The minimum atomic E-state index is -0.263. The van der Waals surface area contributed by atoms with E-state index in [4.69, 9.17) is 4.74 Å². The van der Waals surface area contributed by atoms with Crippen molar-refractivity contribution in [2.75, 3.05) is 12.4 Å². The molecule has 0 spiro atoms. The van der Waals surface area contributed by atoms with Crippen LogP contribution < -0.4 is 14.8 Å². The first kappa shape index (κ1) is 11.9. The highest BCUT2D eigenvalue weighted by molar-refractivity contribution is 6.04. The standard InChI is InChI=1S/C13H12N2O3/c1-18-12-8-7-11(9-15(12)17)14-13(16)10-5-3-2-4-6-10/h2-9H,1H3,(H,14,16). The third-order valence-corrected chi connectivity index (χ3v) is 2.38. The number of amides is 1. The summed E-state index contributed by atoms with van der Waals surface area (Å²) in [5.74, 6) is -0.0894. The van der Waals surface area contributed by atoms with Gasteiger partial charge >= 0.3 is 5.88 Å². The first-order valence-electron chi connectivity index (χ1n) is 5.34. The van der Waals surface area contributed by atoms with Gasteiger partial charge in [-0.05, 0) is 18.2 Å². The van der Waals surface area contributed by atoms with E-state index in [1.165, 1.54) is 19.4 Å². The molecule has 1 amide bonds. The van der Waals surface area contributed by atoms with Crippen molar-refractivity contribution in [3.05, 3.63) is 59.4 Å². The second-order valence-electron chi connectivity index (χ2n) is 3.61. The average Bonchev–Trinajstić information content (AvgIpc) is 2.40. The number of hydrogen-bond acceptors (Lipinski definition) is 3. The Kier molecular flexibility index (Phi) is 3.43. The van der Waals surface area contributed by atoms with Crippen molar-refractivity contribution in [3.63, 3.8) is 0 Å². The van der Waals surface area contributed by atoms with E-state index in [-0.39, 0.29) is 11.8 Å². The Morgan fingerprint density at radius 2 is 1.94 bits per heavy atom. The monoisotopic (exact) mass is 244 g/mol. The minimum Gasteiger partial charge on any atom is -0.616 e. The van der Waals surface area contributed by atoms with E-state index in [0.717, 1.165) is 0 Å². The van der Waals surface area contributed by atoms with Gasteiger partial charge in [0.05, 0.1) is 13.2 Å². The summed E-state index contributed by atoms with van der Waals surface area (Å²) in [6.07, 6.45) is 1.25. The third kappa shape index (κ3) is 2.57. The number of nitrogens with zero attached hydrogens (tertiary/aromatic N) is 1. The predicted molar refractivity (Wildman–Crippen MR) is 66.3 cm³/mol. The van der Waals surface area contributed by atoms with E-state index in [1.807, 2.05) is 6.07 Å². The maximum absolute atomic E-state index is 11.8. The van der Waals surface area contributed by atoms with Crippen LogP contribution in [0.3, 0.4) is 0 Å². The van der Waals surface area contributed by atoms with Crippen molar-refractivity contribution in [3.8, 4) is 5.88 Å². The Bertz CT molecular complexity index is 555. The topological polar surface area (TPSA) is 65.3 Å². The van der Waals surface area contributed by atoms with Crippen molar-refractivity contribution in [1.29, 1.82) is 0 Å².